The van der Waals surface area contributed by atoms with Crippen molar-refractivity contribution in [3.8, 4) is 0 Å². The Labute approximate surface area is 164 Å². The number of nitrogens with two attached hydrogens (primary N) is 1. The number of nitro benzene ring substituents is 1. The lowest BCUT2D eigenvalue weighted by Crippen LogP contribution is -2.56. The first-order valence-corrected chi connectivity index (χ1v) is 8.93. The molecular weight excluding hydrogens is 384 g/mol. The van der Waals surface area contributed by atoms with Gasteiger partial charge in [-0.25, -0.2) is 9.98 Å². The van der Waals surface area contributed by atoms with Crippen LogP contribution in [0.25, 0.3) is 0 Å². The summed E-state index contributed by atoms with van der Waals surface area (Å²) in [4.78, 5) is 25.2. The Hall–Kier alpha value is -2.77. The van der Waals surface area contributed by atoms with Gasteiger partial charge in [-0.05, 0) is 0 Å². The number of para-hydroxylation sites is 1. The molecule has 0 aromatic heterocycles. The molecule has 3 aliphatic heterocycles. The third-order valence-corrected chi connectivity index (χ3v) is 5.22. The van der Waals surface area contributed by atoms with E-state index in [9.17, 15) is 25.4 Å². The second kappa shape index (κ2) is 7.24. The van der Waals surface area contributed by atoms with Gasteiger partial charge in [0, 0.05) is 18.1 Å². The third kappa shape index (κ3) is 3.20. The molecule has 4 rings (SSSR count). The van der Waals surface area contributed by atoms with Gasteiger partial charge in [0.1, 0.15) is 37.0 Å². The quantitative estimate of drug-likeness (QED) is 0.334. The molecule has 0 radical (unpaired) electrons. The van der Waals surface area contributed by atoms with Gasteiger partial charge in [0.15, 0.2) is 17.7 Å². The van der Waals surface area contributed by atoms with E-state index in [-0.39, 0.29) is 18.8 Å². The van der Waals surface area contributed by atoms with E-state index in [0.717, 1.165) is 0 Å². The molecule has 0 bridgehead atoms. The third-order valence-electron chi connectivity index (χ3n) is 5.22. The van der Waals surface area contributed by atoms with Crippen LogP contribution in [-0.2, 0) is 11.2 Å². The molecule has 12 heteroatoms. The van der Waals surface area contributed by atoms with E-state index in [0.29, 0.717) is 17.1 Å². The zero-order valence-electron chi connectivity index (χ0n) is 15.2. The number of rotatable bonds is 5. The van der Waals surface area contributed by atoms with Crippen LogP contribution in [0, 0.1) is 10.1 Å². The van der Waals surface area contributed by atoms with Crippen molar-refractivity contribution in [1.82, 2.24) is 4.90 Å². The Bertz CT molecular complexity index is 919. The Morgan fingerprint density at radius 2 is 2.10 bits per heavy atom. The minimum absolute atomic E-state index is 0.0162. The monoisotopic (exact) mass is 404 g/mol. The number of ether oxygens (including phenoxy) is 1. The van der Waals surface area contributed by atoms with E-state index in [2.05, 4.69) is 15.0 Å². The largest absolute Gasteiger partial charge is 0.394 e. The van der Waals surface area contributed by atoms with Crippen molar-refractivity contribution in [1.29, 1.82) is 0 Å². The van der Waals surface area contributed by atoms with Crippen LogP contribution in [0.15, 0.2) is 39.2 Å². The van der Waals surface area contributed by atoms with Crippen molar-refractivity contribution in [3.63, 3.8) is 0 Å². The first kappa shape index (κ1) is 19.5. The van der Waals surface area contributed by atoms with Crippen LogP contribution >= 0.6 is 0 Å². The number of hydrogen-bond acceptors (Lipinski definition) is 11. The molecule has 0 amide bonds. The molecule has 1 aromatic rings. The number of aliphatic hydroxyl groups excluding tert-OH is 3. The summed E-state index contributed by atoms with van der Waals surface area (Å²) in [6.07, 6.45) is -3.21. The normalized spacial score (nSPS) is 33.4. The van der Waals surface area contributed by atoms with Crippen LogP contribution in [0.1, 0.15) is 5.56 Å². The molecule has 154 valence electrons. The molecule has 5 N–H and O–H groups in total. The first-order valence-electron chi connectivity index (χ1n) is 8.93. The molecule has 1 fully saturated rings. The van der Waals surface area contributed by atoms with Crippen molar-refractivity contribution in [2.45, 2.75) is 36.6 Å². The summed E-state index contributed by atoms with van der Waals surface area (Å²) in [6.45, 7) is -0.414. The van der Waals surface area contributed by atoms with Gasteiger partial charge < -0.3 is 30.7 Å². The minimum Gasteiger partial charge on any atom is -0.394 e. The number of hydrogen-bond donors (Lipinski definition) is 4. The maximum absolute atomic E-state index is 11.3. The summed E-state index contributed by atoms with van der Waals surface area (Å²) < 4.78 is 5.55. The average molecular weight is 404 g/mol. The molecular formula is C17H20N6O6. The van der Waals surface area contributed by atoms with Crippen LogP contribution in [0.5, 0.6) is 0 Å². The van der Waals surface area contributed by atoms with Crippen LogP contribution in [0.3, 0.4) is 0 Å². The Morgan fingerprint density at radius 1 is 1.34 bits per heavy atom. The number of nitro groups is 1. The Morgan fingerprint density at radius 3 is 2.79 bits per heavy atom. The number of aliphatic imine (C=N–C) groups is 3. The minimum atomic E-state index is -1.39. The van der Waals surface area contributed by atoms with Crippen LogP contribution in [0.2, 0.25) is 0 Å². The van der Waals surface area contributed by atoms with E-state index >= 15 is 0 Å². The van der Waals surface area contributed by atoms with Crippen molar-refractivity contribution in [3.05, 3.63) is 39.9 Å². The number of nitrogens with zero attached hydrogens (tertiary/aromatic N) is 5. The van der Waals surface area contributed by atoms with Crippen LogP contribution in [0.4, 0.5) is 5.69 Å². The molecule has 12 nitrogen and oxygen atoms in total. The van der Waals surface area contributed by atoms with E-state index < -0.39 is 41.7 Å². The maximum Gasteiger partial charge on any atom is 0.272 e. The Kier molecular flexibility index (Phi) is 4.88. The standard InChI is InChI=1S/C17H20N6O6/c18-17(5-9-3-1-2-4-10(9)23(27)28)14-15(19-7-21-17)22(8-20-14)16-13(26)12(25)11(6-24)29-16/h1-4,7,11-13,16,24-26H,5-6,8,18H2/t11-,12-,13-,16-,17?/m1/s1. The van der Waals surface area contributed by atoms with E-state index in [1.165, 1.54) is 17.3 Å². The summed E-state index contributed by atoms with van der Waals surface area (Å²) in [6, 6.07) is 6.24. The molecule has 1 unspecified atom stereocenters. The molecule has 3 heterocycles. The van der Waals surface area contributed by atoms with Crippen LogP contribution in [-0.4, -0.2) is 86.5 Å². The van der Waals surface area contributed by atoms with Gasteiger partial charge in [-0.1, -0.05) is 18.2 Å². The predicted molar refractivity (Wildman–Crippen MR) is 102 cm³/mol. The Balaban J connectivity index is 1.60. The fourth-order valence-corrected chi connectivity index (χ4v) is 3.73. The highest BCUT2D eigenvalue weighted by Gasteiger charge is 2.50. The number of aliphatic hydroxyl groups is 3. The van der Waals surface area contributed by atoms with Crippen molar-refractivity contribution < 1.29 is 25.0 Å². The summed E-state index contributed by atoms with van der Waals surface area (Å²) >= 11 is 0. The summed E-state index contributed by atoms with van der Waals surface area (Å²) in [5, 5.41) is 40.9. The van der Waals surface area contributed by atoms with Gasteiger partial charge in [0.25, 0.3) is 5.69 Å². The molecule has 1 saturated heterocycles. The fraction of sp³-hybridized carbons (Fsp3) is 0.471. The lowest BCUT2D eigenvalue weighted by Gasteiger charge is -2.32. The molecule has 29 heavy (non-hydrogen) atoms. The van der Waals surface area contributed by atoms with Gasteiger partial charge in [0.2, 0.25) is 0 Å². The number of fused-ring (bicyclic) bond motifs is 1. The van der Waals surface area contributed by atoms with E-state index in [1.54, 1.807) is 18.2 Å². The average Bonchev–Trinajstić information content (AvgIpc) is 3.25. The second-order valence-electron chi connectivity index (χ2n) is 7.03. The van der Waals surface area contributed by atoms with Gasteiger partial charge >= 0.3 is 0 Å². The SMILES string of the molecule is NC1(Cc2ccccc2[N+](=O)[O-])N=CN=C2C1=NCN2[C@@H]1O[C@H](CO)[C@@H](O)[C@H]1O. The molecule has 3 aliphatic rings. The summed E-state index contributed by atoms with van der Waals surface area (Å²) in [7, 11) is 0. The smallest absolute Gasteiger partial charge is 0.272 e. The second-order valence-corrected chi connectivity index (χ2v) is 7.03. The zero-order valence-corrected chi connectivity index (χ0v) is 15.2. The van der Waals surface area contributed by atoms with Gasteiger partial charge in [-0.3, -0.25) is 15.1 Å². The fourth-order valence-electron chi connectivity index (χ4n) is 3.73. The maximum atomic E-state index is 11.3. The van der Waals surface area contributed by atoms with Gasteiger partial charge in [0.05, 0.1) is 11.5 Å². The highest BCUT2D eigenvalue weighted by Crippen LogP contribution is 2.31. The highest BCUT2D eigenvalue weighted by molar-refractivity contribution is 6.47. The van der Waals surface area contributed by atoms with E-state index in [1.807, 2.05) is 0 Å². The molecule has 1 aromatic carbocycles. The molecule has 0 spiro atoms. The number of benzene rings is 1. The van der Waals surface area contributed by atoms with Gasteiger partial charge in [-0.15, -0.1) is 0 Å². The molecule has 0 saturated carbocycles. The first-order chi connectivity index (χ1) is 13.9. The zero-order chi connectivity index (χ0) is 20.8. The lowest BCUT2D eigenvalue weighted by atomic mass is 9.93. The van der Waals surface area contributed by atoms with Crippen molar-refractivity contribution in [2.24, 2.45) is 20.7 Å². The predicted octanol–water partition coefficient (Wildman–Crippen LogP) is -1.61. The molecule has 0 aliphatic carbocycles. The van der Waals surface area contributed by atoms with Gasteiger partial charge in [-0.2, -0.15) is 0 Å². The topological polar surface area (TPSA) is 179 Å². The summed E-state index contributed by atoms with van der Waals surface area (Å²) in [5.41, 5.74) is 5.70. The summed E-state index contributed by atoms with van der Waals surface area (Å²) in [5.74, 6) is 0.302. The lowest BCUT2D eigenvalue weighted by molar-refractivity contribution is -0.385. The van der Waals surface area contributed by atoms with E-state index in [4.69, 9.17) is 10.5 Å². The van der Waals surface area contributed by atoms with Crippen molar-refractivity contribution >= 4 is 23.6 Å². The molecule has 5 atom stereocenters. The highest BCUT2D eigenvalue weighted by atomic mass is 16.6. The van der Waals surface area contributed by atoms with Crippen LogP contribution < -0.4 is 5.73 Å². The van der Waals surface area contributed by atoms with Crippen molar-refractivity contribution in [2.75, 3.05) is 13.3 Å². The number of amidine groups is 1.